The molecule has 6 nitrogen and oxygen atoms in total. The molecule has 0 fully saturated rings. The van der Waals surface area contributed by atoms with Gasteiger partial charge < -0.3 is 0 Å². The third-order valence-corrected chi connectivity index (χ3v) is 2.56. The molecule has 13 heavy (non-hydrogen) atoms. The molecule has 0 unspecified atom stereocenters. The molecule has 1 aromatic rings. The second kappa shape index (κ2) is 2.83. The molecule has 0 atom stereocenters. The summed E-state index contributed by atoms with van der Waals surface area (Å²) in [5.41, 5.74) is 0.360. The standard InChI is InChI=1S/C6H8N4O2S/c1-4-5(3-7)6(10(2)9-4)13(8,11)12/h1-2H3,(H2,8,11,12). The van der Waals surface area contributed by atoms with Crippen molar-refractivity contribution in [2.45, 2.75) is 11.9 Å². The first-order valence-corrected chi connectivity index (χ1v) is 4.89. The molecule has 1 aromatic heterocycles. The zero-order chi connectivity index (χ0) is 10.2. The van der Waals surface area contributed by atoms with Gasteiger partial charge in [-0.05, 0) is 6.92 Å². The number of nitrogens with zero attached hydrogens (tertiary/aromatic N) is 3. The van der Waals surface area contributed by atoms with Gasteiger partial charge in [0.1, 0.15) is 11.6 Å². The van der Waals surface area contributed by atoms with Crippen molar-refractivity contribution in [2.24, 2.45) is 12.2 Å². The van der Waals surface area contributed by atoms with E-state index in [-0.39, 0.29) is 10.6 Å². The van der Waals surface area contributed by atoms with Crippen LogP contribution in [-0.2, 0) is 17.1 Å². The highest BCUT2D eigenvalue weighted by Gasteiger charge is 2.21. The van der Waals surface area contributed by atoms with Crippen LogP contribution in [0.3, 0.4) is 0 Å². The van der Waals surface area contributed by atoms with Crippen LogP contribution >= 0.6 is 0 Å². The van der Waals surface area contributed by atoms with Crippen molar-refractivity contribution >= 4 is 10.0 Å². The van der Waals surface area contributed by atoms with E-state index < -0.39 is 10.0 Å². The summed E-state index contributed by atoms with van der Waals surface area (Å²) >= 11 is 0. The number of nitriles is 1. The van der Waals surface area contributed by atoms with E-state index in [0.717, 1.165) is 4.68 Å². The molecular formula is C6H8N4O2S. The molecule has 0 saturated heterocycles. The molecule has 1 heterocycles. The average Bonchev–Trinajstić information content (AvgIpc) is 2.23. The zero-order valence-corrected chi connectivity index (χ0v) is 7.96. The van der Waals surface area contributed by atoms with Gasteiger partial charge in [0.05, 0.1) is 5.69 Å². The summed E-state index contributed by atoms with van der Waals surface area (Å²) in [7, 11) is -2.45. The lowest BCUT2D eigenvalue weighted by molar-refractivity contribution is 0.578. The Labute approximate surface area is 75.6 Å². The van der Waals surface area contributed by atoms with Crippen molar-refractivity contribution in [1.82, 2.24) is 9.78 Å². The van der Waals surface area contributed by atoms with Crippen LogP contribution in [0.5, 0.6) is 0 Å². The van der Waals surface area contributed by atoms with Gasteiger partial charge in [0.2, 0.25) is 0 Å². The maximum atomic E-state index is 11.0. The number of rotatable bonds is 1. The van der Waals surface area contributed by atoms with Gasteiger partial charge in [0.25, 0.3) is 10.0 Å². The number of primary sulfonamides is 1. The molecule has 0 aromatic carbocycles. The number of aromatic nitrogens is 2. The predicted molar refractivity (Wildman–Crippen MR) is 44.0 cm³/mol. The van der Waals surface area contributed by atoms with E-state index in [0.29, 0.717) is 5.69 Å². The molecule has 2 N–H and O–H groups in total. The molecule has 0 aliphatic rings. The highest BCUT2D eigenvalue weighted by Crippen LogP contribution is 2.15. The highest BCUT2D eigenvalue weighted by molar-refractivity contribution is 7.89. The molecule has 70 valence electrons. The smallest absolute Gasteiger partial charge is 0.255 e. The minimum Gasteiger partial charge on any atom is -0.255 e. The van der Waals surface area contributed by atoms with Gasteiger partial charge >= 0.3 is 0 Å². The van der Waals surface area contributed by atoms with Crippen molar-refractivity contribution < 1.29 is 8.42 Å². The lowest BCUT2D eigenvalue weighted by Gasteiger charge is -1.97. The Morgan fingerprint density at radius 3 is 2.46 bits per heavy atom. The summed E-state index contributed by atoms with van der Waals surface area (Å²) in [6.07, 6.45) is 0. The number of nitrogens with two attached hydrogens (primary N) is 1. The predicted octanol–water partition coefficient (Wildman–Crippen LogP) is -0.752. The van der Waals surface area contributed by atoms with E-state index in [2.05, 4.69) is 5.10 Å². The van der Waals surface area contributed by atoms with Gasteiger partial charge in [0.15, 0.2) is 5.03 Å². The maximum Gasteiger partial charge on any atom is 0.256 e. The van der Waals surface area contributed by atoms with Gasteiger partial charge in [-0.2, -0.15) is 10.4 Å². The van der Waals surface area contributed by atoms with Crippen LogP contribution in [0.25, 0.3) is 0 Å². The van der Waals surface area contributed by atoms with E-state index >= 15 is 0 Å². The van der Waals surface area contributed by atoms with Crippen LogP contribution < -0.4 is 5.14 Å². The van der Waals surface area contributed by atoms with E-state index in [1.165, 1.54) is 7.05 Å². The van der Waals surface area contributed by atoms with Gasteiger partial charge in [0, 0.05) is 7.05 Å². The first-order valence-electron chi connectivity index (χ1n) is 3.34. The monoisotopic (exact) mass is 200 g/mol. The van der Waals surface area contributed by atoms with Gasteiger partial charge in [-0.25, -0.2) is 13.6 Å². The number of aryl methyl sites for hydroxylation is 2. The first-order chi connectivity index (χ1) is 5.88. The Morgan fingerprint density at radius 1 is 1.62 bits per heavy atom. The summed E-state index contributed by atoms with van der Waals surface area (Å²) in [4.78, 5) is 0. The normalized spacial score (nSPS) is 11.2. The number of hydrogen-bond acceptors (Lipinski definition) is 4. The molecule has 0 amide bonds. The fourth-order valence-electron chi connectivity index (χ4n) is 1.09. The number of hydrogen-bond donors (Lipinski definition) is 1. The summed E-state index contributed by atoms with van der Waals surface area (Å²) in [6, 6.07) is 1.75. The second-order valence-electron chi connectivity index (χ2n) is 2.55. The fraction of sp³-hybridized carbons (Fsp3) is 0.333. The molecule has 0 bridgehead atoms. The Bertz CT molecular complexity index is 479. The van der Waals surface area contributed by atoms with Crippen LogP contribution in [0.15, 0.2) is 5.03 Å². The zero-order valence-electron chi connectivity index (χ0n) is 7.14. The molecule has 7 heteroatoms. The van der Waals surface area contributed by atoms with Gasteiger partial charge in [-0.3, -0.25) is 4.68 Å². The molecule has 0 aliphatic carbocycles. The summed E-state index contributed by atoms with van der Waals surface area (Å²) < 4.78 is 23.1. The van der Waals surface area contributed by atoms with Crippen LogP contribution in [0.2, 0.25) is 0 Å². The largest absolute Gasteiger partial charge is 0.256 e. The molecule has 0 saturated carbocycles. The Morgan fingerprint density at radius 2 is 2.15 bits per heavy atom. The van der Waals surface area contributed by atoms with E-state index in [1.807, 2.05) is 0 Å². The first kappa shape index (κ1) is 9.70. The van der Waals surface area contributed by atoms with Crippen molar-refractivity contribution in [1.29, 1.82) is 5.26 Å². The summed E-state index contributed by atoms with van der Waals surface area (Å²) in [6.45, 7) is 1.55. The SMILES string of the molecule is Cc1nn(C)c(S(N)(=O)=O)c1C#N. The lowest BCUT2D eigenvalue weighted by atomic mass is 10.3. The molecule has 1 rings (SSSR count). The molecular weight excluding hydrogens is 192 g/mol. The minimum absolute atomic E-state index is 0.00463. The molecule has 0 spiro atoms. The molecule has 0 aliphatic heterocycles. The molecule has 0 radical (unpaired) electrons. The second-order valence-corrected chi connectivity index (χ2v) is 4.02. The summed E-state index contributed by atoms with van der Waals surface area (Å²) in [5, 5.41) is 17.1. The van der Waals surface area contributed by atoms with Crippen molar-refractivity contribution in [3.8, 4) is 6.07 Å². The van der Waals surface area contributed by atoms with E-state index in [4.69, 9.17) is 10.4 Å². The highest BCUT2D eigenvalue weighted by atomic mass is 32.2. The van der Waals surface area contributed by atoms with E-state index in [1.54, 1.807) is 13.0 Å². The fourth-order valence-corrected chi connectivity index (χ4v) is 1.98. The Balaban J connectivity index is 3.65. The summed E-state index contributed by atoms with van der Waals surface area (Å²) in [5.74, 6) is 0. The lowest BCUT2D eigenvalue weighted by Crippen LogP contribution is -2.17. The number of sulfonamides is 1. The van der Waals surface area contributed by atoms with Crippen molar-refractivity contribution in [2.75, 3.05) is 0 Å². The third-order valence-electron chi connectivity index (χ3n) is 1.55. The Kier molecular flexibility index (Phi) is 2.11. The van der Waals surface area contributed by atoms with Crippen LogP contribution in [0, 0.1) is 18.3 Å². The van der Waals surface area contributed by atoms with Crippen molar-refractivity contribution in [3.05, 3.63) is 11.3 Å². The van der Waals surface area contributed by atoms with Crippen LogP contribution in [-0.4, -0.2) is 18.2 Å². The topological polar surface area (TPSA) is 102 Å². The van der Waals surface area contributed by atoms with Crippen LogP contribution in [0.4, 0.5) is 0 Å². The average molecular weight is 200 g/mol. The quantitative estimate of drug-likeness (QED) is 0.644. The minimum atomic E-state index is -3.88. The van der Waals surface area contributed by atoms with E-state index in [9.17, 15) is 8.42 Å². The van der Waals surface area contributed by atoms with Crippen molar-refractivity contribution in [3.63, 3.8) is 0 Å². The van der Waals surface area contributed by atoms with Crippen LogP contribution in [0.1, 0.15) is 11.3 Å². The van der Waals surface area contributed by atoms with Gasteiger partial charge in [-0.1, -0.05) is 0 Å². The Hall–Kier alpha value is -1.39. The van der Waals surface area contributed by atoms with Gasteiger partial charge in [-0.15, -0.1) is 0 Å². The third kappa shape index (κ3) is 1.54. The maximum absolute atomic E-state index is 11.0.